The molecule has 0 radical (unpaired) electrons. The van der Waals surface area contributed by atoms with Crippen LogP contribution < -0.4 is 0 Å². The Morgan fingerprint density at radius 1 is 1.64 bits per heavy atom. The van der Waals surface area contributed by atoms with Crippen molar-refractivity contribution >= 4 is 33.7 Å². The van der Waals surface area contributed by atoms with Crippen molar-refractivity contribution in [1.82, 2.24) is 0 Å². The van der Waals surface area contributed by atoms with Crippen molar-refractivity contribution < 1.29 is 14.3 Å². The molecule has 0 fully saturated rings. The van der Waals surface area contributed by atoms with Gasteiger partial charge in [-0.25, -0.2) is 4.79 Å². The molecule has 0 aromatic heterocycles. The monoisotopic (exact) mass is 244 g/mol. The number of alkyl halides is 2. The Morgan fingerprint density at radius 3 is 2.73 bits per heavy atom. The van der Waals surface area contributed by atoms with Crippen LogP contribution >= 0.6 is 27.5 Å². The van der Waals surface area contributed by atoms with E-state index in [0.29, 0.717) is 12.5 Å². The van der Waals surface area contributed by atoms with Crippen molar-refractivity contribution in [3.63, 3.8) is 0 Å². The van der Waals surface area contributed by atoms with Gasteiger partial charge in [0.1, 0.15) is 13.2 Å². The van der Waals surface area contributed by atoms with Crippen LogP contribution in [0.2, 0.25) is 0 Å². The third kappa shape index (κ3) is 7.94. The van der Waals surface area contributed by atoms with E-state index in [4.69, 9.17) is 11.6 Å². The fraction of sp³-hybridized carbons (Fsp3) is 0.833. The number of hydrogen-bond donors (Lipinski definition) is 0. The Hall–Kier alpha value is 0.0400. The lowest BCUT2D eigenvalue weighted by Crippen LogP contribution is -2.13. The van der Waals surface area contributed by atoms with Crippen molar-refractivity contribution in [3.05, 3.63) is 0 Å². The first-order valence-corrected chi connectivity index (χ1v) is 4.61. The lowest BCUT2D eigenvalue weighted by atomic mass is 10.5. The highest BCUT2D eigenvalue weighted by atomic mass is 79.9. The van der Waals surface area contributed by atoms with E-state index >= 15 is 0 Å². The largest absolute Gasteiger partial charge is 0.508 e. The molecule has 1 atom stereocenters. The summed E-state index contributed by atoms with van der Waals surface area (Å²) >= 11 is 8.48. The van der Waals surface area contributed by atoms with Gasteiger partial charge in [0, 0.05) is 4.83 Å². The number of rotatable bonds is 4. The third-order valence-electron chi connectivity index (χ3n) is 0.728. The first-order chi connectivity index (χ1) is 5.16. The minimum Gasteiger partial charge on any atom is -0.433 e. The quantitative estimate of drug-likeness (QED) is 0.562. The minimum atomic E-state index is -0.669. The number of hydrogen-bond acceptors (Lipinski definition) is 3. The lowest BCUT2D eigenvalue weighted by molar-refractivity contribution is 0.0609. The summed E-state index contributed by atoms with van der Waals surface area (Å²) in [6.07, 6.45) is -0.669. The van der Waals surface area contributed by atoms with Crippen molar-refractivity contribution in [2.45, 2.75) is 11.8 Å². The molecule has 0 bridgehead atoms. The SMILES string of the molecule is CC(Br)COC(=O)OCCCl. The molecule has 0 aliphatic heterocycles. The first kappa shape index (κ1) is 11.0. The van der Waals surface area contributed by atoms with Gasteiger partial charge in [-0.15, -0.1) is 11.6 Å². The summed E-state index contributed by atoms with van der Waals surface area (Å²) in [5.74, 6) is 0.291. The van der Waals surface area contributed by atoms with Crippen LogP contribution in [0.1, 0.15) is 6.92 Å². The van der Waals surface area contributed by atoms with Gasteiger partial charge in [-0.05, 0) is 6.92 Å². The van der Waals surface area contributed by atoms with Gasteiger partial charge in [0.2, 0.25) is 0 Å². The smallest absolute Gasteiger partial charge is 0.433 e. The Morgan fingerprint density at radius 2 is 2.27 bits per heavy atom. The van der Waals surface area contributed by atoms with E-state index in [2.05, 4.69) is 25.4 Å². The predicted octanol–water partition coefficient (Wildman–Crippen LogP) is 2.16. The molecular formula is C6H10BrClO3. The van der Waals surface area contributed by atoms with Crippen molar-refractivity contribution in [1.29, 1.82) is 0 Å². The molecule has 66 valence electrons. The maximum atomic E-state index is 10.6. The molecule has 0 aromatic rings. The molecule has 3 nitrogen and oxygen atoms in total. The maximum Gasteiger partial charge on any atom is 0.508 e. The van der Waals surface area contributed by atoms with E-state index in [1.807, 2.05) is 6.92 Å². The van der Waals surface area contributed by atoms with Gasteiger partial charge < -0.3 is 9.47 Å². The summed E-state index contributed by atoms with van der Waals surface area (Å²) in [5, 5.41) is 0. The van der Waals surface area contributed by atoms with Gasteiger partial charge in [-0.3, -0.25) is 0 Å². The highest BCUT2D eigenvalue weighted by Gasteiger charge is 2.04. The van der Waals surface area contributed by atoms with Crippen LogP contribution in [0.4, 0.5) is 4.79 Å². The van der Waals surface area contributed by atoms with Crippen LogP contribution in [-0.2, 0) is 9.47 Å². The van der Waals surface area contributed by atoms with E-state index in [9.17, 15) is 4.79 Å². The third-order valence-corrected chi connectivity index (χ3v) is 1.15. The van der Waals surface area contributed by atoms with Gasteiger partial charge in [-0.1, -0.05) is 15.9 Å². The minimum absolute atomic E-state index is 0.144. The van der Waals surface area contributed by atoms with Crippen LogP contribution in [-0.4, -0.2) is 30.1 Å². The summed E-state index contributed by atoms with van der Waals surface area (Å²) in [4.78, 5) is 10.7. The van der Waals surface area contributed by atoms with E-state index < -0.39 is 6.16 Å². The van der Waals surface area contributed by atoms with Gasteiger partial charge in [0.15, 0.2) is 0 Å². The van der Waals surface area contributed by atoms with Crippen LogP contribution in [0, 0.1) is 0 Å². The standard InChI is InChI=1S/C6H10BrClO3/c1-5(7)4-11-6(9)10-3-2-8/h5H,2-4H2,1H3. The molecule has 5 heteroatoms. The second-order valence-electron chi connectivity index (χ2n) is 1.88. The summed E-state index contributed by atoms with van der Waals surface area (Å²) < 4.78 is 9.17. The molecule has 0 heterocycles. The maximum absolute atomic E-state index is 10.6. The van der Waals surface area contributed by atoms with Crippen LogP contribution in [0.25, 0.3) is 0 Å². The molecule has 0 saturated heterocycles. The summed E-state index contributed by atoms with van der Waals surface area (Å²) in [6.45, 7) is 2.37. The fourth-order valence-corrected chi connectivity index (χ4v) is 0.556. The van der Waals surface area contributed by atoms with E-state index in [0.717, 1.165) is 0 Å². The molecule has 0 N–H and O–H groups in total. The zero-order valence-corrected chi connectivity index (χ0v) is 8.52. The van der Waals surface area contributed by atoms with Crippen molar-refractivity contribution in [2.75, 3.05) is 19.1 Å². The van der Waals surface area contributed by atoms with Gasteiger partial charge in [0.25, 0.3) is 0 Å². The molecule has 1 unspecified atom stereocenters. The average molecular weight is 245 g/mol. The lowest BCUT2D eigenvalue weighted by Gasteiger charge is -2.05. The Balaban J connectivity index is 3.23. The van der Waals surface area contributed by atoms with E-state index in [1.165, 1.54) is 0 Å². The van der Waals surface area contributed by atoms with Crippen LogP contribution in [0.5, 0.6) is 0 Å². The molecule has 11 heavy (non-hydrogen) atoms. The van der Waals surface area contributed by atoms with Gasteiger partial charge in [-0.2, -0.15) is 0 Å². The zero-order chi connectivity index (χ0) is 8.69. The van der Waals surface area contributed by atoms with Crippen molar-refractivity contribution in [3.8, 4) is 0 Å². The highest BCUT2D eigenvalue weighted by Crippen LogP contribution is 1.98. The Bertz CT molecular complexity index is 118. The first-order valence-electron chi connectivity index (χ1n) is 3.16. The number of halogens is 2. The summed E-state index contributed by atoms with van der Waals surface area (Å²) in [7, 11) is 0. The van der Waals surface area contributed by atoms with Crippen LogP contribution in [0.3, 0.4) is 0 Å². The molecule has 0 aromatic carbocycles. The predicted molar refractivity (Wildman–Crippen MR) is 46.4 cm³/mol. The second-order valence-corrected chi connectivity index (χ2v) is 3.82. The number of carbonyl (C=O) groups is 1. The average Bonchev–Trinajstić information content (AvgIpc) is 1.97. The Kier molecular flexibility index (Phi) is 6.76. The number of ether oxygens (including phenoxy) is 2. The highest BCUT2D eigenvalue weighted by molar-refractivity contribution is 9.09. The zero-order valence-electron chi connectivity index (χ0n) is 6.18. The van der Waals surface area contributed by atoms with E-state index in [1.54, 1.807) is 0 Å². The van der Waals surface area contributed by atoms with Gasteiger partial charge >= 0.3 is 6.16 Å². The Labute approximate surface area is 79.1 Å². The molecular weight excluding hydrogens is 235 g/mol. The molecule has 0 spiro atoms. The number of carbonyl (C=O) groups excluding carboxylic acids is 1. The molecule has 0 amide bonds. The fourth-order valence-electron chi connectivity index (χ4n) is 0.346. The molecule has 0 aliphatic carbocycles. The summed E-state index contributed by atoms with van der Waals surface area (Å²) in [5.41, 5.74) is 0. The van der Waals surface area contributed by atoms with E-state index in [-0.39, 0.29) is 11.4 Å². The summed E-state index contributed by atoms with van der Waals surface area (Å²) in [6, 6.07) is 0. The molecule has 0 rings (SSSR count). The van der Waals surface area contributed by atoms with Crippen LogP contribution in [0.15, 0.2) is 0 Å². The normalized spacial score (nSPS) is 12.3. The van der Waals surface area contributed by atoms with Crippen molar-refractivity contribution in [2.24, 2.45) is 0 Å². The van der Waals surface area contributed by atoms with Gasteiger partial charge in [0.05, 0.1) is 5.88 Å². The second kappa shape index (κ2) is 6.73. The molecule has 0 saturated carbocycles. The topological polar surface area (TPSA) is 35.5 Å². The molecule has 0 aliphatic rings.